The minimum Gasteiger partial charge on any atom is -0.369 e. The van der Waals surface area contributed by atoms with Crippen molar-refractivity contribution in [3.8, 4) is 11.5 Å². The molecule has 1 amide bonds. The van der Waals surface area contributed by atoms with E-state index in [4.69, 9.17) is 4.52 Å². The Morgan fingerprint density at radius 2 is 1.87 bits per heavy atom. The molecule has 0 bridgehead atoms. The van der Waals surface area contributed by atoms with E-state index in [1.165, 1.54) is 17.2 Å². The van der Waals surface area contributed by atoms with Gasteiger partial charge in [0, 0.05) is 37.7 Å². The van der Waals surface area contributed by atoms with Crippen molar-refractivity contribution < 1.29 is 13.7 Å². The molecule has 0 N–H and O–H groups in total. The third-order valence-corrected chi connectivity index (χ3v) is 6.35. The molecule has 3 aromatic rings. The van der Waals surface area contributed by atoms with Crippen LogP contribution in [0.1, 0.15) is 29.8 Å². The molecular weight excluding hydrogens is 395 g/mol. The van der Waals surface area contributed by atoms with Crippen molar-refractivity contribution in [2.24, 2.45) is 5.92 Å². The van der Waals surface area contributed by atoms with Crippen LogP contribution in [0.4, 0.5) is 10.1 Å². The first-order valence-corrected chi connectivity index (χ1v) is 10.8. The van der Waals surface area contributed by atoms with Gasteiger partial charge in [-0.2, -0.15) is 4.98 Å². The van der Waals surface area contributed by atoms with Crippen LogP contribution in [0.5, 0.6) is 0 Å². The van der Waals surface area contributed by atoms with Crippen LogP contribution in [0.2, 0.25) is 0 Å². The van der Waals surface area contributed by atoms with Gasteiger partial charge in [-0.15, -0.1) is 0 Å². The topological polar surface area (TPSA) is 62.5 Å². The Hall–Kier alpha value is -3.22. The summed E-state index contributed by atoms with van der Waals surface area (Å²) in [6.45, 7) is 4.53. The van der Waals surface area contributed by atoms with E-state index in [9.17, 15) is 9.18 Å². The average Bonchev–Trinajstić information content (AvgIpc) is 3.24. The van der Waals surface area contributed by atoms with Crippen molar-refractivity contribution in [2.45, 2.75) is 32.7 Å². The monoisotopic (exact) mass is 420 g/mol. The molecule has 0 aliphatic carbocycles. The van der Waals surface area contributed by atoms with Gasteiger partial charge in [-0.05, 0) is 55.5 Å². The summed E-state index contributed by atoms with van der Waals surface area (Å²) in [4.78, 5) is 21.3. The number of halogens is 1. The molecule has 2 aromatic carbocycles. The molecule has 1 saturated heterocycles. The molecule has 0 saturated carbocycles. The van der Waals surface area contributed by atoms with Crippen LogP contribution in [0.15, 0.2) is 47.0 Å². The number of benzene rings is 2. The molecule has 6 nitrogen and oxygen atoms in total. The van der Waals surface area contributed by atoms with E-state index >= 15 is 0 Å². The van der Waals surface area contributed by atoms with Gasteiger partial charge in [0.1, 0.15) is 5.82 Å². The highest BCUT2D eigenvalue weighted by Gasteiger charge is 2.31. The van der Waals surface area contributed by atoms with E-state index in [0.717, 1.165) is 25.8 Å². The Bertz CT molecular complexity index is 1100. The van der Waals surface area contributed by atoms with Gasteiger partial charge in [0.05, 0.1) is 5.69 Å². The maximum Gasteiger partial charge on any atom is 0.258 e. The predicted octanol–water partition coefficient (Wildman–Crippen LogP) is 3.99. The number of carbonyl (C=O) groups is 1. The molecule has 31 heavy (non-hydrogen) atoms. The van der Waals surface area contributed by atoms with E-state index in [2.05, 4.69) is 28.3 Å². The lowest BCUT2D eigenvalue weighted by Gasteiger charge is -2.37. The van der Waals surface area contributed by atoms with E-state index in [-0.39, 0.29) is 17.6 Å². The van der Waals surface area contributed by atoms with Gasteiger partial charge in [-0.1, -0.05) is 29.4 Å². The maximum atomic E-state index is 14.8. The first kappa shape index (κ1) is 19.7. The van der Waals surface area contributed by atoms with Crippen LogP contribution in [-0.2, 0) is 17.8 Å². The second-order valence-corrected chi connectivity index (χ2v) is 8.35. The number of carbonyl (C=O) groups excluding carboxylic acids is 1. The summed E-state index contributed by atoms with van der Waals surface area (Å²) in [6, 6.07) is 13.3. The molecule has 5 rings (SSSR count). The number of aromatic nitrogens is 2. The molecule has 160 valence electrons. The summed E-state index contributed by atoms with van der Waals surface area (Å²) in [5.74, 6) is 0.756. The second-order valence-electron chi connectivity index (χ2n) is 8.35. The van der Waals surface area contributed by atoms with Gasteiger partial charge in [-0.25, -0.2) is 4.39 Å². The molecule has 0 radical (unpaired) electrons. The third kappa shape index (κ3) is 3.92. The molecular formula is C24H25FN4O2. The number of piperidine rings is 1. The van der Waals surface area contributed by atoms with E-state index in [0.29, 0.717) is 42.6 Å². The third-order valence-electron chi connectivity index (χ3n) is 6.35. The summed E-state index contributed by atoms with van der Waals surface area (Å²) >= 11 is 0. The fourth-order valence-electron chi connectivity index (χ4n) is 4.62. The van der Waals surface area contributed by atoms with Crippen LogP contribution < -0.4 is 4.90 Å². The number of aryl methyl sites for hydroxylation is 1. The summed E-state index contributed by atoms with van der Waals surface area (Å²) in [7, 11) is 0. The average molecular weight is 420 g/mol. The number of rotatable bonds is 3. The molecule has 0 unspecified atom stereocenters. The lowest BCUT2D eigenvalue weighted by Crippen LogP contribution is -2.44. The molecule has 2 aliphatic rings. The highest BCUT2D eigenvalue weighted by molar-refractivity contribution is 5.79. The van der Waals surface area contributed by atoms with E-state index in [1.54, 1.807) is 19.1 Å². The number of hydrogen-bond acceptors (Lipinski definition) is 5. The molecule has 0 atom stereocenters. The zero-order chi connectivity index (χ0) is 21.4. The normalized spacial score (nSPS) is 17.0. The number of nitrogens with zero attached hydrogens (tertiary/aromatic N) is 4. The van der Waals surface area contributed by atoms with Crippen molar-refractivity contribution in [1.29, 1.82) is 0 Å². The van der Waals surface area contributed by atoms with Crippen molar-refractivity contribution in [2.75, 3.05) is 24.5 Å². The zero-order valence-electron chi connectivity index (χ0n) is 17.6. The van der Waals surface area contributed by atoms with E-state index < -0.39 is 0 Å². The van der Waals surface area contributed by atoms with Crippen LogP contribution in [0.25, 0.3) is 11.5 Å². The van der Waals surface area contributed by atoms with Gasteiger partial charge < -0.3 is 14.3 Å². The van der Waals surface area contributed by atoms with Crippen LogP contribution in [0.3, 0.4) is 0 Å². The van der Waals surface area contributed by atoms with Gasteiger partial charge >= 0.3 is 0 Å². The van der Waals surface area contributed by atoms with Crippen molar-refractivity contribution in [3.05, 3.63) is 65.2 Å². The lowest BCUT2D eigenvalue weighted by atomic mass is 9.92. The standard InChI is InChI=1S/C24H25FN4O2/c1-16-26-23(31-27-16)19-6-7-22(21(25)14-19)28-11-9-18(10-12-28)24(30)29-13-8-17-4-2-3-5-20(17)15-29/h2-7,14,18H,8-13,15H2,1H3. The Balaban J connectivity index is 1.22. The van der Waals surface area contributed by atoms with E-state index in [1.807, 2.05) is 15.9 Å². The number of amides is 1. The Morgan fingerprint density at radius 1 is 1.10 bits per heavy atom. The van der Waals surface area contributed by atoms with Crippen molar-refractivity contribution in [1.82, 2.24) is 15.0 Å². The van der Waals surface area contributed by atoms with Crippen molar-refractivity contribution in [3.63, 3.8) is 0 Å². The van der Waals surface area contributed by atoms with Gasteiger partial charge in [0.25, 0.3) is 5.89 Å². The second kappa shape index (κ2) is 8.13. The van der Waals surface area contributed by atoms with Gasteiger partial charge in [0.15, 0.2) is 5.82 Å². The highest BCUT2D eigenvalue weighted by atomic mass is 19.1. The summed E-state index contributed by atoms with van der Waals surface area (Å²) < 4.78 is 19.9. The van der Waals surface area contributed by atoms with Crippen molar-refractivity contribution >= 4 is 11.6 Å². The minimum absolute atomic E-state index is 0.00483. The first-order chi connectivity index (χ1) is 15.1. The SMILES string of the molecule is Cc1noc(-c2ccc(N3CCC(C(=O)N4CCc5ccccc5C4)CC3)c(F)c2)n1. The molecule has 2 aliphatic heterocycles. The number of anilines is 1. The molecule has 1 aromatic heterocycles. The molecule has 7 heteroatoms. The van der Waals surface area contributed by atoms with Crippen LogP contribution in [0, 0.1) is 18.7 Å². The fraction of sp³-hybridized carbons (Fsp3) is 0.375. The fourth-order valence-corrected chi connectivity index (χ4v) is 4.62. The van der Waals surface area contributed by atoms with Crippen LogP contribution >= 0.6 is 0 Å². The first-order valence-electron chi connectivity index (χ1n) is 10.8. The summed E-state index contributed by atoms with van der Waals surface area (Å²) in [5, 5.41) is 3.76. The molecule has 0 spiro atoms. The van der Waals surface area contributed by atoms with Crippen LogP contribution in [-0.4, -0.2) is 40.6 Å². The number of fused-ring (bicyclic) bond motifs is 1. The highest BCUT2D eigenvalue weighted by Crippen LogP contribution is 2.30. The maximum absolute atomic E-state index is 14.8. The summed E-state index contributed by atoms with van der Waals surface area (Å²) in [6.07, 6.45) is 2.39. The largest absolute Gasteiger partial charge is 0.369 e. The molecule has 3 heterocycles. The van der Waals surface area contributed by atoms with Gasteiger partial charge in [0.2, 0.25) is 5.91 Å². The summed E-state index contributed by atoms with van der Waals surface area (Å²) in [5.41, 5.74) is 3.71. The Kier molecular flexibility index (Phi) is 5.18. The lowest BCUT2D eigenvalue weighted by molar-refractivity contribution is -0.137. The predicted molar refractivity (Wildman–Crippen MR) is 115 cm³/mol. The molecule has 1 fully saturated rings. The number of hydrogen-bond donors (Lipinski definition) is 0. The smallest absolute Gasteiger partial charge is 0.258 e. The quantitative estimate of drug-likeness (QED) is 0.641. The zero-order valence-corrected chi connectivity index (χ0v) is 17.6. The minimum atomic E-state index is -0.314. The Labute approximate surface area is 180 Å². The Morgan fingerprint density at radius 3 is 2.58 bits per heavy atom. The van der Waals surface area contributed by atoms with Gasteiger partial charge in [-0.3, -0.25) is 4.79 Å².